The monoisotopic (exact) mass is 514 g/mol. The van der Waals surface area contributed by atoms with Gasteiger partial charge in [0.25, 0.3) is 11.8 Å². The molecule has 2 saturated carbocycles. The summed E-state index contributed by atoms with van der Waals surface area (Å²) in [4.78, 5) is 35.9. The first-order chi connectivity index (χ1) is 17.4. The molecular weight excluding hydrogens is 484 g/mol. The van der Waals surface area contributed by atoms with Gasteiger partial charge in [-0.25, -0.2) is 0 Å². The van der Waals surface area contributed by atoms with Crippen molar-refractivity contribution < 1.29 is 29.0 Å². The van der Waals surface area contributed by atoms with E-state index in [-0.39, 0.29) is 36.9 Å². The molecule has 0 spiro atoms. The van der Waals surface area contributed by atoms with E-state index in [1.807, 2.05) is 0 Å². The maximum absolute atomic E-state index is 12.4. The lowest BCUT2D eigenvalue weighted by atomic mass is 9.87. The van der Waals surface area contributed by atoms with Crippen LogP contribution in [0.2, 0.25) is 5.02 Å². The molecule has 36 heavy (non-hydrogen) atoms. The Balaban J connectivity index is 1.16. The van der Waals surface area contributed by atoms with Crippen LogP contribution in [0.25, 0.3) is 0 Å². The minimum absolute atomic E-state index is 0.00904. The summed E-state index contributed by atoms with van der Waals surface area (Å²) in [7, 11) is 0. The van der Waals surface area contributed by atoms with Crippen LogP contribution in [0.4, 0.5) is 0 Å². The molecule has 8 nitrogen and oxygen atoms in total. The topological polar surface area (TPSA) is 114 Å². The Bertz CT molecular complexity index is 1080. The van der Waals surface area contributed by atoms with Gasteiger partial charge in [0.2, 0.25) is 0 Å². The predicted molar refractivity (Wildman–Crippen MR) is 135 cm³/mol. The van der Waals surface area contributed by atoms with E-state index < -0.39 is 5.97 Å². The highest BCUT2D eigenvalue weighted by atomic mass is 35.5. The standard InChI is InChI=1S/C27H31ClN2O6/c28-23-15-20(7-12-24(23)35-16-17-1-2-17)26(32)30-14-13-29-25(31)18-3-8-21(9-4-18)36-22-10-5-19(6-11-22)27(33)34/h3-4,7-9,12,15,17,19,22H,1-2,5-6,10-11,13-14,16H2,(H,29,31)(H,30,32)(H,33,34). The molecule has 192 valence electrons. The predicted octanol–water partition coefficient (Wildman–Crippen LogP) is 4.31. The van der Waals surface area contributed by atoms with E-state index in [1.165, 1.54) is 12.8 Å². The van der Waals surface area contributed by atoms with Crippen LogP contribution in [0, 0.1) is 11.8 Å². The van der Waals surface area contributed by atoms with E-state index in [0.717, 1.165) is 0 Å². The third kappa shape index (κ3) is 7.37. The highest BCUT2D eigenvalue weighted by Gasteiger charge is 2.27. The van der Waals surface area contributed by atoms with E-state index in [0.29, 0.717) is 65.9 Å². The van der Waals surface area contributed by atoms with Gasteiger partial charge >= 0.3 is 5.97 Å². The third-order valence-electron chi connectivity index (χ3n) is 6.50. The van der Waals surface area contributed by atoms with Crippen molar-refractivity contribution in [1.29, 1.82) is 0 Å². The largest absolute Gasteiger partial charge is 0.492 e. The second kappa shape index (κ2) is 12.1. The summed E-state index contributed by atoms with van der Waals surface area (Å²) >= 11 is 6.24. The van der Waals surface area contributed by atoms with Crippen molar-refractivity contribution in [2.75, 3.05) is 19.7 Å². The normalized spacial score (nSPS) is 19.2. The molecule has 2 aliphatic rings. The molecule has 3 N–H and O–H groups in total. The SMILES string of the molecule is O=C(NCCNC(=O)c1ccc(OCC2CC2)c(Cl)c1)c1ccc(OC2CCC(C(=O)O)CC2)cc1. The van der Waals surface area contributed by atoms with Crippen molar-refractivity contribution in [1.82, 2.24) is 10.6 Å². The molecule has 0 atom stereocenters. The summed E-state index contributed by atoms with van der Waals surface area (Å²) < 4.78 is 11.6. The zero-order valence-electron chi connectivity index (χ0n) is 20.0. The summed E-state index contributed by atoms with van der Waals surface area (Å²) in [6.45, 7) is 1.19. The molecule has 4 rings (SSSR count). The number of ether oxygens (including phenoxy) is 2. The molecule has 0 saturated heterocycles. The van der Waals surface area contributed by atoms with Crippen LogP contribution in [0.15, 0.2) is 42.5 Å². The summed E-state index contributed by atoms with van der Waals surface area (Å²) in [5.74, 6) is 0.292. The van der Waals surface area contributed by atoms with Crippen molar-refractivity contribution in [3.63, 3.8) is 0 Å². The molecule has 0 bridgehead atoms. The number of hydrogen-bond donors (Lipinski definition) is 3. The van der Waals surface area contributed by atoms with E-state index >= 15 is 0 Å². The van der Waals surface area contributed by atoms with Gasteiger partial charge in [0.05, 0.1) is 23.7 Å². The Labute approximate surface area is 215 Å². The summed E-state index contributed by atoms with van der Waals surface area (Å²) in [6, 6.07) is 11.8. The quantitative estimate of drug-likeness (QED) is 0.385. The fourth-order valence-corrected chi connectivity index (χ4v) is 4.35. The Morgan fingerprint density at radius 2 is 1.47 bits per heavy atom. The van der Waals surface area contributed by atoms with Gasteiger partial charge in [-0.05, 0) is 86.9 Å². The van der Waals surface area contributed by atoms with Crippen molar-refractivity contribution in [3.8, 4) is 11.5 Å². The molecule has 0 aromatic heterocycles. The zero-order valence-corrected chi connectivity index (χ0v) is 20.8. The second-order valence-electron chi connectivity index (χ2n) is 9.37. The fourth-order valence-electron chi connectivity index (χ4n) is 4.11. The first kappa shape index (κ1) is 25.8. The number of hydrogen-bond acceptors (Lipinski definition) is 5. The fraction of sp³-hybridized carbons (Fsp3) is 0.444. The lowest BCUT2D eigenvalue weighted by Gasteiger charge is -2.26. The number of carboxylic acid groups (broad SMARTS) is 1. The highest BCUT2D eigenvalue weighted by Crippen LogP contribution is 2.32. The summed E-state index contributed by atoms with van der Waals surface area (Å²) in [5, 5.41) is 15.0. The number of carbonyl (C=O) groups is 3. The minimum atomic E-state index is -0.740. The Morgan fingerprint density at radius 1 is 0.861 bits per heavy atom. The molecule has 2 aliphatic carbocycles. The lowest BCUT2D eigenvalue weighted by molar-refractivity contribution is -0.143. The molecule has 9 heteroatoms. The zero-order chi connectivity index (χ0) is 25.5. The molecule has 0 unspecified atom stereocenters. The molecular formula is C27H31ClN2O6. The van der Waals surface area contributed by atoms with Gasteiger partial charge in [-0.15, -0.1) is 0 Å². The highest BCUT2D eigenvalue weighted by molar-refractivity contribution is 6.32. The van der Waals surface area contributed by atoms with Crippen LogP contribution in [0.3, 0.4) is 0 Å². The van der Waals surface area contributed by atoms with Gasteiger partial charge in [0.15, 0.2) is 0 Å². The first-order valence-electron chi connectivity index (χ1n) is 12.4. The van der Waals surface area contributed by atoms with Crippen molar-refractivity contribution >= 4 is 29.4 Å². The molecule has 0 radical (unpaired) electrons. The maximum Gasteiger partial charge on any atom is 0.306 e. The van der Waals surface area contributed by atoms with E-state index in [4.69, 9.17) is 26.2 Å². The van der Waals surface area contributed by atoms with Gasteiger partial charge in [0.1, 0.15) is 11.5 Å². The van der Waals surface area contributed by atoms with Gasteiger partial charge in [-0.1, -0.05) is 11.6 Å². The van der Waals surface area contributed by atoms with E-state index in [2.05, 4.69) is 10.6 Å². The number of amides is 2. The van der Waals surface area contributed by atoms with Crippen LogP contribution in [-0.4, -0.2) is 48.7 Å². The summed E-state index contributed by atoms with van der Waals surface area (Å²) in [6.07, 6.45) is 5.00. The average molecular weight is 515 g/mol. The average Bonchev–Trinajstić information content (AvgIpc) is 3.71. The first-order valence-corrected chi connectivity index (χ1v) is 12.7. The van der Waals surface area contributed by atoms with Gasteiger partial charge in [-0.2, -0.15) is 0 Å². The van der Waals surface area contributed by atoms with Crippen LogP contribution < -0.4 is 20.1 Å². The van der Waals surface area contributed by atoms with Gasteiger partial charge < -0.3 is 25.2 Å². The number of halogens is 1. The van der Waals surface area contributed by atoms with Crippen LogP contribution in [0.5, 0.6) is 11.5 Å². The Hall–Kier alpha value is -3.26. The number of carbonyl (C=O) groups excluding carboxylic acids is 2. The number of benzene rings is 2. The Morgan fingerprint density at radius 3 is 2.06 bits per heavy atom. The van der Waals surface area contributed by atoms with Crippen molar-refractivity contribution in [2.45, 2.75) is 44.6 Å². The summed E-state index contributed by atoms with van der Waals surface area (Å²) in [5.41, 5.74) is 0.911. The van der Waals surface area contributed by atoms with Gasteiger partial charge in [0, 0.05) is 24.2 Å². The number of aliphatic carboxylic acids is 1. The third-order valence-corrected chi connectivity index (χ3v) is 6.80. The number of carboxylic acids is 1. The Kier molecular flexibility index (Phi) is 8.70. The van der Waals surface area contributed by atoms with Crippen LogP contribution in [-0.2, 0) is 4.79 Å². The molecule has 0 heterocycles. The van der Waals surface area contributed by atoms with Crippen molar-refractivity contribution in [3.05, 3.63) is 58.6 Å². The molecule has 2 fully saturated rings. The second-order valence-corrected chi connectivity index (χ2v) is 9.77. The minimum Gasteiger partial charge on any atom is -0.492 e. The molecule has 2 amide bonds. The number of nitrogens with one attached hydrogen (secondary N) is 2. The van der Waals surface area contributed by atoms with E-state index in [1.54, 1.807) is 42.5 Å². The maximum atomic E-state index is 12.4. The van der Waals surface area contributed by atoms with Crippen LogP contribution in [0.1, 0.15) is 59.2 Å². The molecule has 0 aliphatic heterocycles. The smallest absolute Gasteiger partial charge is 0.306 e. The molecule has 2 aromatic carbocycles. The molecule has 2 aromatic rings. The number of rotatable bonds is 11. The van der Waals surface area contributed by atoms with E-state index in [9.17, 15) is 14.4 Å². The van der Waals surface area contributed by atoms with Crippen molar-refractivity contribution in [2.24, 2.45) is 11.8 Å². The van der Waals surface area contributed by atoms with Gasteiger partial charge in [-0.3, -0.25) is 14.4 Å². The lowest BCUT2D eigenvalue weighted by Crippen LogP contribution is -2.34. The van der Waals surface area contributed by atoms with Crippen LogP contribution >= 0.6 is 11.6 Å².